The summed E-state index contributed by atoms with van der Waals surface area (Å²) in [5.74, 6) is 0.688. The molecule has 5 heteroatoms. The maximum Gasteiger partial charge on any atom is 0.290 e. The molecule has 0 unspecified atom stereocenters. The standard InChI is InChI=1S/C27H23NO4/c1-17-7-11-19(12-8-17)24-23-25(29)21-5-3-4-6-22(21)32-26(23)27(30)28(24)16-15-18-9-13-20(31-2)14-10-18/h3-14,24H,15-16H2,1-2H3/t24-/m1/s1. The first-order chi connectivity index (χ1) is 15.6. The third-order valence-corrected chi connectivity index (χ3v) is 6.07. The van der Waals surface area contributed by atoms with Gasteiger partial charge in [-0.15, -0.1) is 0 Å². The van der Waals surface area contributed by atoms with Crippen LogP contribution in [0.3, 0.4) is 0 Å². The van der Waals surface area contributed by atoms with E-state index in [1.54, 1.807) is 30.2 Å². The molecule has 0 fully saturated rings. The SMILES string of the molecule is COc1ccc(CCN2C(=O)c3oc4ccccc4c(=O)c3[C@H]2c2ccc(C)cc2)cc1. The van der Waals surface area contributed by atoms with Crippen molar-refractivity contribution >= 4 is 16.9 Å². The number of amides is 1. The highest BCUT2D eigenvalue weighted by Gasteiger charge is 2.42. The third kappa shape index (κ3) is 3.36. The van der Waals surface area contributed by atoms with E-state index in [2.05, 4.69) is 0 Å². The van der Waals surface area contributed by atoms with Gasteiger partial charge in [0, 0.05) is 6.54 Å². The van der Waals surface area contributed by atoms with Gasteiger partial charge in [-0.05, 0) is 48.7 Å². The van der Waals surface area contributed by atoms with Crippen LogP contribution < -0.4 is 10.2 Å². The Labute approximate surface area is 185 Å². The van der Waals surface area contributed by atoms with Crippen molar-refractivity contribution in [2.24, 2.45) is 0 Å². The highest BCUT2D eigenvalue weighted by atomic mass is 16.5. The number of rotatable bonds is 5. The van der Waals surface area contributed by atoms with Crippen LogP contribution in [0.1, 0.15) is 38.9 Å². The van der Waals surface area contributed by atoms with Crippen LogP contribution in [0.4, 0.5) is 0 Å². The summed E-state index contributed by atoms with van der Waals surface area (Å²) in [4.78, 5) is 28.6. The number of methoxy groups -OCH3 is 1. The summed E-state index contributed by atoms with van der Waals surface area (Å²) in [5, 5.41) is 0.494. The second-order valence-corrected chi connectivity index (χ2v) is 8.08. The van der Waals surface area contributed by atoms with Gasteiger partial charge in [-0.3, -0.25) is 9.59 Å². The van der Waals surface area contributed by atoms with Crippen molar-refractivity contribution in [2.75, 3.05) is 13.7 Å². The number of fused-ring (bicyclic) bond motifs is 2. The fourth-order valence-corrected chi connectivity index (χ4v) is 4.33. The molecule has 5 rings (SSSR count). The minimum absolute atomic E-state index is 0.146. The fourth-order valence-electron chi connectivity index (χ4n) is 4.33. The summed E-state index contributed by atoms with van der Waals surface area (Å²) >= 11 is 0. The van der Waals surface area contributed by atoms with Crippen molar-refractivity contribution in [1.29, 1.82) is 0 Å². The van der Waals surface area contributed by atoms with Crippen molar-refractivity contribution in [1.82, 2.24) is 4.90 Å². The normalized spacial score (nSPS) is 15.2. The number of ether oxygens (including phenoxy) is 1. The van der Waals surface area contributed by atoms with Gasteiger partial charge in [0.2, 0.25) is 5.76 Å². The van der Waals surface area contributed by atoms with E-state index in [1.807, 2.05) is 61.5 Å². The van der Waals surface area contributed by atoms with E-state index in [0.717, 1.165) is 22.4 Å². The molecule has 0 saturated carbocycles. The van der Waals surface area contributed by atoms with E-state index >= 15 is 0 Å². The predicted molar refractivity (Wildman–Crippen MR) is 123 cm³/mol. The van der Waals surface area contributed by atoms with E-state index in [9.17, 15) is 9.59 Å². The summed E-state index contributed by atoms with van der Waals surface area (Å²) in [7, 11) is 1.63. The quantitative estimate of drug-likeness (QED) is 0.456. The van der Waals surface area contributed by atoms with Gasteiger partial charge in [-0.25, -0.2) is 0 Å². The molecule has 2 heterocycles. The molecule has 160 valence electrons. The number of carbonyl (C=O) groups excluding carboxylic acids is 1. The van der Waals surface area contributed by atoms with Crippen LogP contribution in [-0.4, -0.2) is 24.5 Å². The van der Waals surface area contributed by atoms with E-state index in [-0.39, 0.29) is 17.1 Å². The van der Waals surface area contributed by atoms with Crippen LogP contribution in [0.15, 0.2) is 82.0 Å². The largest absolute Gasteiger partial charge is 0.497 e. The number of nitrogens with zero attached hydrogens (tertiary/aromatic N) is 1. The first kappa shape index (κ1) is 20.1. The van der Waals surface area contributed by atoms with E-state index in [1.165, 1.54) is 0 Å². The predicted octanol–water partition coefficient (Wildman–Crippen LogP) is 4.90. The number of hydrogen-bond donors (Lipinski definition) is 0. The van der Waals surface area contributed by atoms with Gasteiger partial charge in [0.05, 0.1) is 24.1 Å². The molecule has 5 nitrogen and oxygen atoms in total. The molecule has 1 amide bonds. The Bertz CT molecular complexity index is 1350. The summed E-state index contributed by atoms with van der Waals surface area (Å²) in [6.45, 7) is 2.48. The molecule has 0 aliphatic carbocycles. The van der Waals surface area contributed by atoms with Gasteiger partial charge in [-0.1, -0.05) is 54.1 Å². The van der Waals surface area contributed by atoms with Gasteiger partial charge in [0.1, 0.15) is 11.3 Å². The molecule has 1 aliphatic rings. The van der Waals surface area contributed by atoms with E-state index in [4.69, 9.17) is 9.15 Å². The van der Waals surface area contributed by atoms with Crippen molar-refractivity contribution in [2.45, 2.75) is 19.4 Å². The van der Waals surface area contributed by atoms with Gasteiger partial charge in [0.15, 0.2) is 5.43 Å². The Hall–Kier alpha value is -3.86. The van der Waals surface area contributed by atoms with E-state index < -0.39 is 6.04 Å². The van der Waals surface area contributed by atoms with Crippen LogP contribution in [-0.2, 0) is 6.42 Å². The zero-order valence-corrected chi connectivity index (χ0v) is 18.0. The summed E-state index contributed by atoms with van der Waals surface area (Å²) in [6.07, 6.45) is 0.653. The fraction of sp³-hybridized carbons (Fsp3) is 0.185. The Kier molecular flexibility index (Phi) is 5.02. The molecule has 3 aromatic carbocycles. The molecule has 1 aromatic heterocycles. The molecule has 0 N–H and O–H groups in total. The van der Waals surface area contributed by atoms with Crippen LogP contribution in [0.25, 0.3) is 11.0 Å². The maximum atomic E-state index is 13.5. The first-order valence-electron chi connectivity index (χ1n) is 10.6. The Morgan fingerprint density at radius 1 is 0.938 bits per heavy atom. The van der Waals surface area contributed by atoms with E-state index in [0.29, 0.717) is 29.5 Å². The molecule has 0 saturated heterocycles. The van der Waals surface area contributed by atoms with Gasteiger partial charge in [-0.2, -0.15) is 0 Å². The molecule has 0 radical (unpaired) electrons. The molecule has 4 aromatic rings. The van der Waals surface area contributed by atoms with Crippen LogP contribution >= 0.6 is 0 Å². The molecule has 0 bridgehead atoms. The number of para-hydroxylation sites is 1. The number of carbonyl (C=O) groups is 1. The number of aryl methyl sites for hydroxylation is 1. The smallest absolute Gasteiger partial charge is 0.290 e. The summed E-state index contributed by atoms with van der Waals surface area (Å²) in [5.41, 5.74) is 3.82. The Balaban J connectivity index is 1.58. The number of hydrogen-bond acceptors (Lipinski definition) is 4. The second kappa shape index (κ2) is 8.00. The Morgan fingerprint density at radius 3 is 2.38 bits per heavy atom. The van der Waals surface area contributed by atoms with Crippen molar-refractivity contribution in [3.05, 3.63) is 111 Å². The average molecular weight is 425 g/mol. The third-order valence-electron chi connectivity index (χ3n) is 6.07. The lowest BCUT2D eigenvalue weighted by atomic mass is 9.97. The molecule has 0 spiro atoms. The van der Waals surface area contributed by atoms with Crippen molar-refractivity contribution in [3.8, 4) is 5.75 Å². The second-order valence-electron chi connectivity index (χ2n) is 8.08. The monoisotopic (exact) mass is 425 g/mol. The number of benzene rings is 3. The maximum absolute atomic E-state index is 13.5. The van der Waals surface area contributed by atoms with Crippen LogP contribution in [0.5, 0.6) is 5.75 Å². The van der Waals surface area contributed by atoms with Crippen LogP contribution in [0.2, 0.25) is 0 Å². The molecular formula is C27H23NO4. The Morgan fingerprint density at radius 2 is 1.66 bits per heavy atom. The zero-order chi connectivity index (χ0) is 22.2. The lowest BCUT2D eigenvalue weighted by Crippen LogP contribution is -2.31. The lowest BCUT2D eigenvalue weighted by Gasteiger charge is -2.25. The first-order valence-corrected chi connectivity index (χ1v) is 10.6. The summed E-state index contributed by atoms with van der Waals surface area (Å²) in [6, 6.07) is 22.4. The average Bonchev–Trinajstić information content (AvgIpc) is 3.10. The topological polar surface area (TPSA) is 59.8 Å². The zero-order valence-electron chi connectivity index (χ0n) is 18.0. The minimum Gasteiger partial charge on any atom is -0.497 e. The molecule has 32 heavy (non-hydrogen) atoms. The minimum atomic E-state index is -0.475. The molecule has 1 aliphatic heterocycles. The van der Waals surface area contributed by atoms with Gasteiger partial charge >= 0.3 is 0 Å². The highest BCUT2D eigenvalue weighted by Crippen LogP contribution is 2.38. The van der Waals surface area contributed by atoms with Crippen molar-refractivity contribution < 1.29 is 13.9 Å². The molecule has 1 atom stereocenters. The lowest BCUT2D eigenvalue weighted by molar-refractivity contribution is 0.0730. The molecular weight excluding hydrogens is 402 g/mol. The summed E-state index contributed by atoms with van der Waals surface area (Å²) < 4.78 is 11.2. The van der Waals surface area contributed by atoms with Crippen molar-refractivity contribution in [3.63, 3.8) is 0 Å². The van der Waals surface area contributed by atoms with Gasteiger partial charge < -0.3 is 14.1 Å². The van der Waals surface area contributed by atoms with Crippen LogP contribution in [0, 0.1) is 6.92 Å². The van der Waals surface area contributed by atoms with Gasteiger partial charge in [0.25, 0.3) is 5.91 Å². The highest BCUT2D eigenvalue weighted by molar-refractivity contribution is 5.99.